The van der Waals surface area contributed by atoms with Gasteiger partial charge in [-0.15, -0.1) is 0 Å². The molecule has 0 amide bonds. The zero-order valence-corrected chi connectivity index (χ0v) is 8.92. The minimum Gasteiger partial charge on any atom is -0.395 e. The number of benzene rings is 1. The van der Waals surface area contributed by atoms with Crippen LogP contribution in [0.3, 0.4) is 0 Å². The Morgan fingerprint density at radius 1 is 1.29 bits per heavy atom. The van der Waals surface area contributed by atoms with Crippen molar-refractivity contribution in [1.29, 1.82) is 0 Å². The highest BCUT2D eigenvalue weighted by molar-refractivity contribution is 5.29. The molecule has 0 aromatic heterocycles. The monoisotopic (exact) mass is 196 g/mol. The maximum Gasteiger partial charge on any atom is 0.122 e. The van der Waals surface area contributed by atoms with Crippen LogP contribution in [0.2, 0.25) is 0 Å². The van der Waals surface area contributed by atoms with Crippen LogP contribution in [0.4, 0.5) is 4.39 Å². The van der Waals surface area contributed by atoms with Crippen LogP contribution in [0.1, 0.15) is 38.1 Å². The Hall–Kier alpha value is -0.890. The molecule has 1 unspecified atom stereocenters. The van der Waals surface area contributed by atoms with Gasteiger partial charge in [-0.25, -0.2) is 4.39 Å². The number of alkyl halides is 1. The minimum absolute atomic E-state index is 0.0948. The number of aliphatic hydroxyl groups excluding tert-OH is 1. The Labute approximate surface area is 84.6 Å². The summed E-state index contributed by atoms with van der Waals surface area (Å²) in [6.07, 6.45) is -0.929. The van der Waals surface area contributed by atoms with Gasteiger partial charge in [-0.2, -0.15) is 0 Å². The maximum absolute atomic E-state index is 12.9. The fourth-order valence-electron chi connectivity index (χ4n) is 1.29. The lowest BCUT2D eigenvalue weighted by atomic mass is 9.85. The van der Waals surface area contributed by atoms with Crippen LogP contribution in [0, 0.1) is 0 Å². The van der Waals surface area contributed by atoms with Crippen molar-refractivity contribution in [3.05, 3.63) is 35.4 Å². The molecule has 0 aliphatic carbocycles. The average molecular weight is 196 g/mol. The summed E-state index contributed by atoms with van der Waals surface area (Å²) in [7, 11) is 0. The second kappa shape index (κ2) is 4.09. The Balaban J connectivity index is 2.94. The van der Waals surface area contributed by atoms with E-state index < -0.39 is 6.17 Å². The molecular formula is C12H17FO. The molecule has 0 saturated carbocycles. The van der Waals surface area contributed by atoms with E-state index in [0.717, 1.165) is 5.56 Å². The lowest BCUT2D eigenvalue weighted by Gasteiger charge is -2.22. The summed E-state index contributed by atoms with van der Waals surface area (Å²) in [6.45, 7) is 5.53. The molecule has 78 valence electrons. The van der Waals surface area contributed by atoms with Gasteiger partial charge in [-0.3, -0.25) is 0 Å². The highest BCUT2D eigenvalue weighted by Crippen LogP contribution is 2.24. The molecule has 14 heavy (non-hydrogen) atoms. The minimum atomic E-state index is -0.929. The van der Waals surface area contributed by atoms with E-state index in [9.17, 15) is 4.39 Å². The molecule has 0 saturated heterocycles. The molecule has 1 aromatic carbocycles. The molecule has 1 nitrogen and oxygen atoms in total. The van der Waals surface area contributed by atoms with Crippen LogP contribution >= 0.6 is 0 Å². The van der Waals surface area contributed by atoms with Crippen molar-refractivity contribution in [2.24, 2.45) is 0 Å². The Morgan fingerprint density at radius 2 is 1.79 bits per heavy atom. The van der Waals surface area contributed by atoms with Crippen LogP contribution in [0.25, 0.3) is 0 Å². The standard InChI is InChI=1S/C12H17FO/c1-9(13)10-4-6-11(7-5-10)12(2,3)8-14/h4-7,9,14H,8H2,1-3H3. The first-order chi connectivity index (χ1) is 6.47. The van der Waals surface area contributed by atoms with Crippen molar-refractivity contribution >= 4 is 0 Å². The fourth-order valence-corrected chi connectivity index (χ4v) is 1.29. The van der Waals surface area contributed by atoms with Gasteiger partial charge in [0.1, 0.15) is 6.17 Å². The van der Waals surface area contributed by atoms with Crippen molar-refractivity contribution in [2.45, 2.75) is 32.4 Å². The first-order valence-electron chi connectivity index (χ1n) is 4.83. The molecule has 0 fully saturated rings. The Morgan fingerprint density at radius 3 is 2.14 bits per heavy atom. The third-order valence-electron chi connectivity index (χ3n) is 2.55. The van der Waals surface area contributed by atoms with E-state index in [1.54, 1.807) is 12.1 Å². The molecular weight excluding hydrogens is 179 g/mol. The van der Waals surface area contributed by atoms with Gasteiger partial charge in [-0.1, -0.05) is 38.1 Å². The molecule has 0 radical (unpaired) electrons. The van der Waals surface area contributed by atoms with E-state index in [-0.39, 0.29) is 12.0 Å². The molecule has 0 bridgehead atoms. The average Bonchev–Trinajstić information content (AvgIpc) is 2.18. The molecule has 0 aliphatic heterocycles. The summed E-state index contributed by atoms with van der Waals surface area (Å²) >= 11 is 0. The number of halogens is 1. The SMILES string of the molecule is CC(F)c1ccc(C(C)(C)CO)cc1. The van der Waals surface area contributed by atoms with Gasteiger partial charge in [0.2, 0.25) is 0 Å². The summed E-state index contributed by atoms with van der Waals surface area (Å²) in [4.78, 5) is 0. The molecule has 1 N–H and O–H groups in total. The van der Waals surface area contributed by atoms with Crippen molar-refractivity contribution in [1.82, 2.24) is 0 Å². The largest absolute Gasteiger partial charge is 0.395 e. The van der Waals surface area contributed by atoms with Gasteiger partial charge in [-0.05, 0) is 18.1 Å². The summed E-state index contributed by atoms with van der Waals surface area (Å²) in [6, 6.07) is 7.30. The van der Waals surface area contributed by atoms with E-state index in [1.807, 2.05) is 26.0 Å². The molecule has 0 heterocycles. The van der Waals surface area contributed by atoms with Gasteiger partial charge < -0.3 is 5.11 Å². The zero-order valence-electron chi connectivity index (χ0n) is 8.92. The second-order valence-corrected chi connectivity index (χ2v) is 4.28. The van der Waals surface area contributed by atoms with E-state index in [4.69, 9.17) is 5.11 Å². The molecule has 1 atom stereocenters. The summed E-state index contributed by atoms with van der Waals surface area (Å²) in [5, 5.41) is 9.15. The van der Waals surface area contributed by atoms with Crippen molar-refractivity contribution in [3.8, 4) is 0 Å². The van der Waals surface area contributed by atoms with E-state index in [1.165, 1.54) is 6.92 Å². The normalized spacial score (nSPS) is 14.1. The molecule has 2 heteroatoms. The van der Waals surface area contributed by atoms with Crippen LogP contribution < -0.4 is 0 Å². The van der Waals surface area contributed by atoms with E-state index in [0.29, 0.717) is 5.56 Å². The van der Waals surface area contributed by atoms with Crippen molar-refractivity contribution < 1.29 is 9.50 Å². The van der Waals surface area contributed by atoms with Gasteiger partial charge in [0.25, 0.3) is 0 Å². The van der Waals surface area contributed by atoms with Crippen LogP contribution in [0.5, 0.6) is 0 Å². The third-order valence-corrected chi connectivity index (χ3v) is 2.55. The highest BCUT2D eigenvalue weighted by Gasteiger charge is 2.19. The number of hydrogen-bond donors (Lipinski definition) is 1. The third kappa shape index (κ3) is 2.32. The van der Waals surface area contributed by atoms with Gasteiger partial charge >= 0.3 is 0 Å². The number of aliphatic hydroxyl groups is 1. The second-order valence-electron chi connectivity index (χ2n) is 4.28. The van der Waals surface area contributed by atoms with E-state index in [2.05, 4.69) is 0 Å². The zero-order chi connectivity index (χ0) is 10.8. The molecule has 0 aliphatic rings. The maximum atomic E-state index is 12.9. The topological polar surface area (TPSA) is 20.2 Å². The van der Waals surface area contributed by atoms with Crippen LogP contribution in [-0.2, 0) is 5.41 Å². The first kappa shape index (κ1) is 11.2. The lowest BCUT2D eigenvalue weighted by molar-refractivity contribution is 0.218. The van der Waals surface area contributed by atoms with Crippen LogP contribution in [0.15, 0.2) is 24.3 Å². The Kier molecular flexibility index (Phi) is 3.27. The lowest BCUT2D eigenvalue weighted by Crippen LogP contribution is -2.21. The first-order valence-corrected chi connectivity index (χ1v) is 4.83. The summed E-state index contributed by atoms with van der Waals surface area (Å²) in [5.74, 6) is 0. The number of rotatable bonds is 3. The van der Waals surface area contributed by atoms with Crippen molar-refractivity contribution in [2.75, 3.05) is 6.61 Å². The molecule has 1 aromatic rings. The van der Waals surface area contributed by atoms with Gasteiger partial charge in [0.15, 0.2) is 0 Å². The van der Waals surface area contributed by atoms with Gasteiger partial charge in [0.05, 0.1) is 6.61 Å². The quantitative estimate of drug-likeness (QED) is 0.788. The van der Waals surface area contributed by atoms with Gasteiger partial charge in [0, 0.05) is 5.41 Å². The fraction of sp³-hybridized carbons (Fsp3) is 0.500. The van der Waals surface area contributed by atoms with Crippen LogP contribution in [-0.4, -0.2) is 11.7 Å². The molecule has 0 spiro atoms. The van der Waals surface area contributed by atoms with E-state index >= 15 is 0 Å². The summed E-state index contributed by atoms with van der Waals surface area (Å²) < 4.78 is 12.9. The summed E-state index contributed by atoms with van der Waals surface area (Å²) in [5.41, 5.74) is 1.46. The smallest absolute Gasteiger partial charge is 0.122 e. The Bertz CT molecular complexity index is 288. The molecule has 1 rings (SSSR count). The van der Waals surface area contributed by atoms with Crippen molar-refractivity contribution in [3.63, 3.8) is 0 Å². The number of hydrogen-bond acceptors (Lipinski definition) is 1. The predicted molar refractivity (Wildman–Crippen MR) is 56.1 cm³/mol. The predicted octanol–water partition coefficient (Wildman–Crippen LogP) is 2.99. The highest BCUT2D eigenvalue weighted by atomic mass is 19.1.